The zero-order valence-electron chi connectivity index (χ0n) is 17.3. The second-order valence-electron chi connectivity index (χ2n) is 8.78. The normalized spacial score (nSPS) is 17.9. The maximum atomic E-state index is 12.0. The van der Waals surface area contributed by atoms with E-state index in [-0.39, 0.29) is 23.3 Å². The van der Waals surface area contributed by atoms with Gasteiger partial charge in [0.25, 0.3) is 0 Å². The minimum Gasteiger partial charge on any atom is -0.481 e. The van der Waals surface area contributed by atoms with E-state index in [1.54, 1.807) is 0 Å². The molecule has 27 heavy (non-hydrogen) atoms. The molecular formula is C20H37NO4S2. The van der Waals surface area contributed by atoms with E-state index in [4.69, 9.17) is 9.84 Å². The Labute approximate surface area is 172 Å². The van der Waals surface area contributed by atoms with Gasteiger partial charge in [-0.1, -0.05) is 41.9 Å². The molecule has 0 saturated carbocycles. The Morgan fingerprint density at radius 2 is 1.89 bits per heavy atom. The highest BCUT2D eigenvalue weighted by Gasteiger charge is 2.25. The fraction of sp³-hybridized carbons (Fsp3) is 0.900. The van der Waals surface area contributed by atoms with Gasteiger partial charge in [0.05, 0.1) is 12.2 Å². The van der Waals surface area contributed by atoms with Gasteiger partial charge < -0.3 is 15.2 Å². The number of carboxylic acid groups (broad SMARTS) is 1. The molecule has 0 aromatic carbocycles. The number of amides is 1. The number of hydrogen-bond acceptors (Lipinski definition) is 5. The smallest absolute Gasteiger partial charge is 0.303 e. The van der Waals surface area contributed by atoms with Crippen molar-refractivity contribution in [3.05, 3.63) is 0 Å². The van der Waals surface area contributed by atoms with Crippen molar-refractivity contribution in [2.45, 2.75) is 89.9 Å². The minimum absolute atomic E-state index is 0.126. The fourth-order valence-corrected chi connectivity index (χ4v) is 5.82. The summed E-state index contributed by atoms with van der Waals surface area (Å²) in [6.45, 7) is 9.20. The van der Waals surface area contributed by atoms with Crippen molar-refractivity contribution in [1.29, 1.82) is 0 Å². The number of carboxylic acids is 1. The molecule has 5 nitrogen and oxygen atoms in total. The Bertz CT molecular complexity index is 463. The SMILES string of the molecule is CC(C)(CCC(=O)O)COC(C)(C)CCNC(=O)CCCC[C@@H]1CCSS1. The fourth-order valence-electron chi connectivity index (χ4n) is 2.79. The third-order valence-electron chi connectivity index (χ3n) is 4.83. The lowest BCUT2D eigenvalue weighted by Crippen LogP contribution is -2.35. The minimum atomic E-state index is -0.772. The maximum Gasteiger partial charge on any atom is 0.303 e. The highest BCUT2D eigenvalue weighted by molar-refractivity contribution is 8.77. The molecule has 0 aromatic heterocycles. The summed E-state index contributed by atoms with van der Waals surface area (Å²) in [5.74, 6) is 0.622. The van der Waals surface area contributed by atoms with Gasteiger partial charge in [0.1, 0.15) is 0 Å². The third kappa shape index (κ3) is 12.6. The van der Waals surface area contributed by atoms with Crippen LogP contribution in [0.4, 0.5) is 0 Å². The molecular weight excluding hydrogens is 382 g/mol. The van der Waals surface area contributed by atoms with Crippen LogP contribution >= 0.6 is 21.6 Å². The summed E-state index contributed by atoms with van der Waals surface area (Å²) < 4.78 is 6.02. The van der Waals surface area contributed by atoms with E-state index in [1.165, 1.54) is 18.6 Å². The molecule has 2 N–H and O–H groups in total. The first-order valence-corrected chi connectivity index (χ1v) is 12.4. The van der Waals surface area contributed by atoms with Gasteiger partial charge in [0.15, 0.2) is 0 Å². The van der Waals surface area contributed by atoms with Crippen molar-refractivity contribution in [1.82, 2.24) is 5.32 Å². The average molecular weight is 420 g/mol. The van der Waals surface area contributed by atoms with Crippen LogP contribution in [-0.4, -0.2) is 46.7 Å². The van der Waals surface area contributed by atoms with Gasteiger partial charge in [-0.15, -0.1) is 0 Å². The summed E-state index contributed by atoms with van der Waals surface area (Å²) in [7, 11) is 3.97. The molecule has 0 radical (unpaired) electrons. The zero-order valence-corrected chi connectivity index (χ0v) is 19.0. The summed E-state index contributed by atoms with van der Waals surface area (Å²) in [6.07, 6.45) is 6.72. The topological polar surface area (TPSA) is 75.6 Å². The van der Waals surface area contributed by atoms with E-state index in [9.17, 15) is 9.59 Å². The quantitative estimate of drug-likeness (QED) is 0.308. The Morgan fingerprint density at radius 3 is 2.52 bits per heavy atom. The predicted octanol–water partition coefficient (Wildman–Crippen LogP) is 4.89. The summed E-state index contributed by atoms with van der Waals surface area (Å²) in [5, 5.41) is 12.6. The van der Waals surface area contributed by atoms with E-state index in [0.717, 1.165) is 24.5 Å². The van der Waals surface area contributed by atoms with Gasteiger partial charge in [-0.25, -0.2) is 0 Å². The molecule has 1 aliphatic rings. The summed E-state index contributed by atoms with van der Waals surface area (Å²) in [6, 6.07) is 0. The van der Waals surface area contributed by atoms with Crippen LogP contribution in [0, 0.1) is 5.41 Å². The van der Waals surface area contributed by atoms with E-state index in [2.05, 4.69) is 5.32 Å². The van der Waals surface area contributed by atoms with Crippen LogP contribution in [0.25, 0.3) is 0 Å². The molecule has 0 aromatic rings. The molecule has 1 amide bonds. The Morgan fingerprint density at radius 1 is 1.15 bits per heavy atom. The molecule has 1 fully saturated rings. The van der Waals surface area contributed by atoms with E-state index >= 15 is 0 Å². The Balaban J connectivity index is 2.11. The number of carbonyl (C=O) groups excluding carboxylic acids is 1. The van der Waals surface area contributed by atoms with Crippen LogP contribution in [0.5, 0.6) is 0 Å². The van der Waals surface area contributed by atoms with Crippen LogP contribution in [0.3, 0.4) is 0 Å². The van der Waals surface area contributed by atoms with Crippen LogP contribution in [0.2, 0.25) is 0 Å². The molecule has 1 rings (SSSR count). The lowest BCUT2D eigenvalue weighted by atomic mass is 9.88. The van der Waals surface area contributed by atoms with Crippen LogP contribution in [-0.2, 0) is 14.3 Å². The largest absolute Gasteiger partial charge is 0.481 e. The molecule has 1 heterocycles. The molecule has 1 aliphatic heterocycles. The first-order valence-electron chi connectivity index (χ1n) is 10.0. The van der Waals surface area contributed by atoms with Gasteiger partial charge in [0, 0.05) is 30.4 Å². The van der Waals surface area contributed by atoms with Crippen LogP contribution in [0.15, 0.2) is 0 Å². The number of aliphatic carboxylic acids is 1. The second kappa shape index (κ2) is 12.2. The lowest BCUT2D eigenvalue weighted by molar-refractivity contribution is -0.138. The van der Waals surface area contributed by atoms with Crippen LogP contribution in [0.1, 0.15) is 79.1 Å². The number of carbonyl (C=O) groups is 2. The zero-order chi connectivity index (χ0) is 20.3. The Kier molecular flexibility index (Phi) is 11.2. The lowest BCUT2D eigenvalue weighted by Gasteiger charge is -2.32. The molecule has 0 bridgehead atoms. The number of unbranched alkanes of at least 4 members (excludes halogenated alkanes) is 1. The van der Waals surface area contributed by atoms with E-state index < -0.39 is 5.97 Å². The molecule has 0 unspecified atom stereocenters. The summed E-state index contributed by atoms with van der Waals surface area (Å²) >= 11 is 0. The third-order valence-corrected chi connectivity index (χ3v) is 7.83. The molecule has 0 aliphatic carbocycles. The summed E-state index contributed by atoms with van der Waals surface area (Å²) in [5.41, 5.74) is -0.514. The van der Waals surface area contributed by atoms with Gasteiger partial charge in [0.2, 0.25) is 5.91 Å². The number of rotatable bonds is 14. The molecule has 1 saturated heterocycles. The van der Waals surface area contributed by atoms with Crippen molar-refractivity contribution < 1.29 is 19.4 Å². The van der Waals surface area contributed by atoms with Gasteiger partial charge in [-0.2, -0.15) is 0 Å². The van der Waals surface area contributed by atoms with Gasteiger partial charge in [-0.05, 0) is 51.4 Å². The molecule has 158 valence electrons. The van der Waals surface area contributed by atoms with Gasteiger partial charge >= 0.3 is 5.97 Å². The molecule has 1 atom stereocenters. The number of ether oxygens (including phenoxy) is 1. The van der Waals surface area contributed by atoms with Crippen molar-refractivity contribution in [3.63, 3.8) is 0 Å². The monoisotopic (exact) mass is 419 g/mol. The van der Waals surface area contributed by atoms with Crippen molar-refractivity contribution in [3.8, 4) is 0 Å². The molecule has 0 spiro atoms. The van der Waals surface area contributed by atoms with E-state index in [1.807, 2.05) is 49.3 Å². The standard InChI is InChI=1S/C20H37NO4S2/c1-19(2,11-9-18(23)24)15-25-20(3,4)12-13-21-17(22)8-6-5-7-16-10-14-26-27-16/h16H,5-15H2,1-4H3,(H,21,22)(H,23,24)/t16-/m1/s1. The Hall–Kier alpha value is -0.400. The van der Waals surface area contributed by atoms with Crippen molar-refractivity contribution in [2.24, 2.45) is 5.41 Å². The summed E-state index contributed by atoms with van der Waals surface area (Å²) in [4.78, 5) is 22.7. The van der Waals surface area contributed by atoms with Gasteiger partial charge in [-0.3, -0.25) is 9.59 Å². The first-order chi connectivity index (χ1) is 12.6. The van der Waals surface area contributed by atoms with E-state index in [0.29, 0.717) is 26.0 Å². The molecule has 7 heteroatoms. The average Bonchev–Trinajstić information content (AvgIpc) is 3.09. The number of nitrogens with one attached hydrogen (secondary N) is 1. The predicted molar refractivity (Wildman–Crippen MR) is 115 cm³/mol. The highest BCUT2D eigenvalue weighted by atomic mass is 33.1. The van der Waals surface area contributed by atoms with Crippen molar-refractivity contribution in [2.75, 3.05) is 18.9 Å². The first kappa shape index (κ1) is 24.6. The van der Waals surface area contributed by atoms with Crippen molar-refractivity contribution >= 4 is 33.5 Å². The maximum absolute atomic E-state index is 12.0. The number of hydrogen-bond donors (Lipinski definition) is 2. The second-order valence-corrected chi connectivity index (χ2v) is 11.6. The van der Waals surface area contributed by atoms with Crippen LogP contribution < -0.4 is 5.32 Å². The highest BCUT2D eigenvalue weighted by Crippen LogP contribution is 2.39.